The monoisotopic (exact) mass is 429 g/mol. The van der Waals surface area contributed by atoms with E-state index in [9.17, 15) is 10.0 Å². The van der Waals surface area contributed by atoms with Crippen LogP contribution in [0.5, 0.6) is 0 Å². The number of nitrogens with zero attached hydrogens (tertiary/aromatic N) is 1. The number of hydrogen-bond donors (Lipinski definition) is 1. The molecule has 3 fully saturated rings. The van der Waals surface area contributed by atoms with E-state index in [1.54, 1.807) is 5.57 Å². The van der Waals surface area contributed by atoms with E-state index in [0.717, 1.165) is 31.1 Å². The van der Waals surface area contributed by atoms with Gasteiger partial charge in [0.1, 0.15) is 0 Å². The molecular weight excluding hydrogens is 382 g/mol. The Bertz CT molecular complexity index is 729. The van der Waals surface area contributed by atoms with E-state index in [4.69, 9.17) is 0 Å². The summed E-state index contributed by atoms with van der Waals surface area (Å²) in [5, 5.41) is 13.8. The van der Waals surface area contributed by atoms with Crippen LogP contribution in [-0.2, 0) is 0 Å². The van der Waals surface area contributed by atoms with Gasteiger partial charge in [0.25, 0.3) is 0 Å². The average Bonchev–Trinajstić information content (AvgIpc) is 2.99. The van der Waals surface area contributed by atoms with Gasteiger partial charge in [0.2, 0.25) is 0 Å². The molecule has 4 rings (SSSR count). The van der Waals surface area contributed by atoms with Crippen molar-refractivity contribution in [1.29, 1.82) is 0 Å². The number of unbranched alkanes of at least 4 members (excludes halogenated alkanes) is 1. The van der Waals surface area contributed by atoms with Gasteiger partial charge in [-0.15, -0.1) is 0 Å². The average molecular weight is 430 g/mol. The number of nitroso groups, excluding NO2 is 1. The Balaban J connectivity index is 1.50. The van der Waals surface area contributed by atoms with Crippen LogP contribution in [0.4, 0.5) is 0 Å². The third-order valence-electron chi connectivity index (χ3n) is 11.4. The Kier molecular flexibility index (Phi) is 6.02. The van der Waals surface area contributed by atoms with Crippen molar-refractivity contribution in [3.8, 4) is 0 Å². The molecule has 3 nitrogen and oxygen atoms in total. The molecular formula is C28H47NO2. The summed E-state index contributed by atoms with van der Waals surface area (Å²) in [7, 11) is 0. The maximum Gasteiger partial charge on any atom is 0.0970 e. The predicted molar refractivity (Wildman–Crippen MR) is 129 cm³/mol. The number of aliphatic hydroxyl groups excluding tert-OH is 1. The number of rotatable bonds is 6. The molecule has 3 unspecified atom stereocenters. The van der Waals surface area contributed by atoms with Crippen LogP contribution in [-0.4, -0.2) is 16.7 Å². The van der Waals surface area contributed by atoms with Gasteiger partial charge in [0, 0.05) is 5.92 Å². The first-order chi connectivity index (χ1) is 14.5. The van der Waals surface area contributed by atoms with Crippen molar-refractivity contribution in [3.63, 3.8) is 0 Å². The Morgan fingerprint density at radius 1 is 1.06 bits per heavy atom. The summed E-state index contributed by atoms with van der Waals surface area (Å²) in [6, 6.07) is 0. The second-order valence-electron chi connectivity index (χ2n) is 13.2. The van der Waals surface area contributed by atoms with Crippen molar-refractivity contribution in [2.24, 2.45) is 45.1 Å². The summed E-state index contributed by atoms with van der Waals surface area (Å²) in [6.45, 7) is 14.1. The van der Waals surface area contributed by atoms with Gasteiger partial charge in [-0.25, -0.2) is 0 Å². The van der Waals surface area contributed by atoms with Crippen molar-refractivity contribution in [1.82, 2.24) is 0 Å². The molecule has 0 aromatic heterocycles. The Labute approximate surface area is 190 Å². The fraction of sp³-hybridized carbons (Fsp3) is 0.929. The van der Waals surface area contributed by atoms with Crippen LogP contribution < -0.4 is 0 Å². The smallest absolute Gasteiger partial charge is 0.0970 e. The van der Waals surface area contributed by atoms with Gasteiger partial charge in [0.05, 0.1) is 11.6 Å². The highest BCUT2D eigenvalue weighted by atomic mass is 16.3. The van der Waals surface area contributed by atoms with E-state index in [1.807, 2.05) is 13.8 Å². The van der Waals surface area contributed by atoms with Gasteiger partial charge < -0.3 is 5.11 Å². The second-order valence-corrected chi connectivity index (χ2v) is 13.2. The maximum atomic E-state index is 11.0. The summed E-state index contributed by atoms with van der Waals surface area (Å²) in [6.07, 6.45) is 15.9. The van der Waals surface area contributed by atoms with Crippen LogP contribution in [0.3, 0.4) is 0 Å². The molecule has 0 saturated heterocycles. The molecule has 8 atom stereocenters. The van der Waals surface area contributed by atoms with Crippen LogP contribution in [0.25, 0.3) is 0 Å². The molecule has 0 radical (unpaired) electrons. The Morgan fingerprint density at radius 2 is 1.81 bits per heavy atom. The molecule has 0 heterocycles. The van der Waals surface area contributed by atoms with E-state index in [0.29, 0.717) is 28.1 Å². The largest absolute Gasteiger partial charge is 0.393 e. The van der Waals surface area contributed by atoms with Crippen LogP contribution in [0.15, 0.2) is 16.8 Å². The lowest BCUT2D eigenvalue weighted by molar-refractivity contribution is -0.137. The summed E-state index contributed by atoms with van der Waals surface area (Å²) in [5.74, 6) is 2.63. The fourth-order valence-corrected chi connectivity index (χ4v) is 9.03. The normalized spacial score (nSPS) is 47.2. The zero-order valence-electron chi connectivity index (χ0n) is 21.0. The van der Waals surface area contributed by atoms with Gasteiger partial charge >= 0.3 is 0 Å². The van der Waals surface area contributed by atoms with Crippen LogP contribution >= 0.6 is 0 Å². The van der Waals surface area contributed by atoms with Crippen molar-refractivity contribution in [2.45, 2.75) is 124 Å². The van der Waals surface area contributed by atoms with Gasteiger partial charge in [-0.1, -0.05) is 57.4 Å². The van der Waals surface area contributed by atoms with E-state index in [1.165, 1.54) is 51.4 Å². The molecule has 3 heteroatoms. The predicted octanol–water partition coefficient (Wildman–Crippen LogP) is 7.67. The van der Waals surface area contributed by atoms with Crippen molar-refractivity contribution in [3.05, 3.63) is 16.6 Å². The zero-order chi connectivity index (χ0) is 22.7. The highest BCUT2D eigenvalue weighted by molar-refractivity contribution is 5.27. The molecule has 31 heavy (non-hydrogen) atoms. The van der Waals surface area contributed by atoms with E-state index in [2.05, 4.69) is 38.9 Å². The van der Waals surface area contributed by atoms with Crippen LogP contribution in [0, 0.1) is 44.8 Å². The van der Waals surface area contributed by atoms with Gasteiger partial charge in [-0.3, -0.25) is 0 Å². The fourth-order valence-electron chi connectivity index (χ4n) is 9.03. The third kappa shape index (κ3) is 3.56. The molecule has 1 N–H and O–H groups in total. The third-order valence-corrected chi connectivity index (χ3v) is 11.4. The number of fused-ring (bicyclic) bond motifs is 5. The summed E-state index contributed by atoms with van der Waals surface area (Å²) in [4.78, 5) is 11.0. The van der Waals surface area contributed by atoms with Crippen molar-refractivity contribution < 1.29 is 5.11 Å². The quantitative estimate of drug-likeness (QED) is 0.267. The SMILES string of the molecule is C[C@@H]1C2=CCC3[C@@](C)(CC[C@]4(C)C(CCCCC(C)(C)N=O)CC[C@@]34C)C2CC[C@@H]1O. The van der Waals surface area contributed by atoms with E-state index >= 15 is 0 Å². The van der Waals surface area contributed by atoms with E-state index in [-0.39, 0.29) is 6.10 Å². The van der Waals surface area contributed by atoms with Gasteiger partial charge in [0.15, 0.2) is 0 Å². The first-order valence-electron chi connectivity index (χ1n) is 13.2. The minimum Gasteiger partial charge on any atom is -0.393 e. The topological polar surface area (TPSA) is 49.7 Å². The molecule has 0 aromatic carbocycles. The summed E-state index contributed by atoms with van der Waals surface area (Å²) >= 11 is 0. The summed E-state index contributed by atoms with van der Waals surface area (Å²) < 4.78 is 0. The lowest BCUT2D eigenvalue weighted by Crippen LogP contribution is -2.57. The van der Waals surface area contributed by atoms with Crippen molar-refractivity contribution in [2.75, 3.05) is 0 Å². The van der Waals surface area contributed by atoms with E-state index < -0.39 is 5.54 Å². The number of hydrogen-bond acceptors (Lipinski definition) is 3. The highest BCUT2D eigenvalue weighted by Crippen LogP contribution is 2.74. The first-order valence-corrected chi connectivity index (χ1v) is 13.2. The molecule has 0 bridgehead atoms. The minimum absolute atomic E-state index is 0.137. The van der Waals surface area contributed by atoms with Gasteiger partial charge in [-0.2, -0.15) is 4.91 Å². The number of aliphatic hydroxyl groups is 1. The lowest BCUT2D eigenvalue weighted by atomic mass is 9.40. The molecule has 4 aliphatic carbocycles. The van der Waals surface area contributed by atoms with Gasteiger partial charge in [-0.05, 0) is 106 Å². The lowest BCUT2D eigenvalue weighted by Gasteiger charge is -2.65. The molecule has 0 aromatic rings. The van der Waals surface area contributed by atoms with Crippen LogP contribution in [0.1, 0.15) is 112 Å². The zero-order valence-corrected chi connectivity index (χ0v) is 21.0. The van der Waals surface area contributed by atoms with Crippen LogP contribution in [0.2, 0.25) is 0 Å². The molecule has 0 spiro atoms. The van der Waals surface area contributed by atoms with Crippen molar-refractivity contribution >= 4 is 0 Å². The molecule has 3 saturated carbocycles. The minimum atomic E-state index is -0.405. The molecule has 0 aliphatic heterocycles. The Hall–Kier alpha value is -0.700. The Morgan fingerprint density at radius 3 is 2.52 bits per heavy atom. The standard InChI is InChI=1S/C28H47NO2/c1-19-21-10-13-24-26(4,22(21)11-12-23(19)30)17-18-27(5)20(14-16-28(24,27)6)9-7-8-15-25(2,3)29-31/h10,19-20,22-24,30H,7-9,11-18H2,1-6H3/t19-,20?,22?,23+,24?,26+,27-,28+/m1/s1. The molecule has 0 amide bonds. The molecule has 176 valence electrons. The highest BCUT2D eigenvalue weighted by Gasteiger charge is 2.65. The first kappa shape index (κ1) is 23.5. The summed E-state index contributed by atoms with van der Waals surface area (Å²) in [5.41, 5.74) is 2.46. The molecule has 4 aliphatic rings. The maximum absolute atomic E-state index is 11.0. The number of allylic oxidation sites excluding steroid dienone is 1. The second kappa shape index (κ2) is 7.96.